The topological polar surface area (TPSA) is 57.6 Å². The van der Waals surface area contributed by atoms with Crippen molar-refractivity contribution in [2.45, 2.75) is 39.2 Å². The van der Waals surface area contributed by atoms with Crippen LogP contribution in [0, 0.1) is 0 Å². The van der Waals surface area contributed by atoms with Gasteiger partial charge in [-0.05, 0) is 50.3 Å². The van der Waals surface area contributed by atoms with Gasteiger partial charge in [-0.25, -0.2) is 8.42 Å². The van der Waals surface area contributed by atoms with E-state index in [-0.39, 0.29) is 12.6 Å². The highest BCUT2D eigenvalue weighted by Gasteiger charge is 2.29. The Labute approximate surface area is 127 Å². The Balaban J connectivity index is 2.33. The van der Waals surface area contributed by atoms with E-state index in [1.54, 1.807) is 6.08 Å². The van der Waals surface area contributed by atoms with Gasteiger partial charge in [-0.3, -0.25) is 0 Å². The number of aliphatic hydroxyl groups is 1. The van der Waals surface area contributed by atoms with E-state index in [0.717, 1.165) is 12.0 Å². The van der Waals surface area contributed by atoms with Gasteiger partial charge >= 0.3 is 0 Å². The van der Waals surface area contributed by atoms with Crippen molar-refractivity contribution in [2.75, 3.05) is 13.2 Å². The van der Waals surface area contributed by atoms with Crippen LogP contribution in [0.15, 0.2) is 29.2 Å². The number of aliphatic hydroxyl groups excluding tert-OH is 1. The minimum absolute atomic E-state index is 0.000616. The van der Waals surface area contributed by atoms with Crippen LogP contribution >= 0.6 is 0 Å². The van der Waals surface area contributed by atoms with Gasteiger partial charge in [0.15, 0.2) is 0 Å². The summed E-state index contributed by atoms with van der Waals surface area (Å²) in [5, 5.41) is 8.97. The average molecular weight is 309 g/mol. The number of nitrogens with zero attached hydrogens (tertiary/aromatic N) is 1. The van der Waals surface area contributed by atoms with Crippen LogP contribution in [0.3, 0.4) is 0 Å². The summed E-state index contributed by atoms with van der Waals surface area (Å²) in [4.78, 5) is 0.479. The molecular formula is C16H23NO3S. The van der Waals surface area contributed by atoms with Crippen molar-refractivity contribution in [1.82, 2.24) is 4.31 Å². The summed E-state index contributed by atoms with van der Waals surface area (Å²) in [5.41, 5.74) is 2.19. The predicted octanol–water partition coefficient (Wildman–Crippen LogP) is 2.40. The molecule has 1 aromatic carbocycles. The molecule has 5 heteroatoms. The van der Waals surface area contributed by atoms with Crippen LogP contribution in [0.2, 0.25) is 0 Å². The molecule has 1 aliphatic rings. The number of fused-ring (bicyclic) bond motifs is 1. The van der Waals surface area contributed by atoms with E-state index in [4.69, 9.17) is 5.11 Å². The van der Waals surface area contributed by atoms with Crippen molar-refractivity contribution in [3.63, 3.8) is 0 Å². The minimum atomic E-state index is -3.46. The quantitative estimate of drug-likeness (QED) is 0.878. The monoisotopic (exact) mass is 309 g/mol. The number of aryl methyl sites for hydroxylation is 1. The lowest BCUT2D eigenvalue weighted by Gasteiger charge is -2.28. The summed E-state index contributed by atoms with van der Waals surface area (Å²) in [6, 6.07) is 7.79. The molecule has 0 spiro atoms. The van der Waals surface area contributed by atoms with Gasteiger partial charge in [0, 0.05) is 19.2 Å². The van der Waals surface area contributed by atoms with Crippen molar-refractivity contribution in [2.24, 2.45) is 0 Å². The van der Waals surface area contributed by atoms with E-state index in [9.17, 15) is 8.42 Å². The lowest BCUT2D eigenvalue weighted by molar-refractivity contribution is 0.259. The second-order valence-corrected chi connectivity index (χ2v) is 7.54. The van der Waals surface area contributed by atoms with Gasteiger partial charge < -0.3 is 5.11 Å². The number of hydrogen-bond acceptors (Lipinski definition) is 3. The zero-order valence-corrected chi connectivity index (χ0v) is 13.4. The third-order valence-corrected chi connectivity index (χ3v) is 5.97. The Bertz CT molecular complexity index is 620. The number of rotatable bonds is 6. The van der Waals surface area contributed by atoms with Crippen LogP contribution in [0.4, 0.5) is 0 Å². The summed E-state index contributed by atoms with van der Waals surface area (Å²) >= 11 is 0. The molecule has 0 bridgehead atoms. The molecule has 0 heterocycles. The SMILES string of the molecule is CC(C)N(CCCO)S(=O)(=O)C1=Cc2ccccc2CC1. The second-order valence-electron chi connectivity index (χ2n) is 5.60. The molecule has 0 unspecified atom stereocenters. The second kappa shape index (κ2) is 6.73. The molecule has 1 aromatic rings. The average Bonchev–Trinajstić information content (AvgIpc) is 2.46. The van der Waals surface area contributed by atoms with E-state index < -0.39 is 10.0 Å². The van der Waals surface area contributed by atoms with Crippen LogP contribution in [0.5, 0.6) is 0 Å². The zero-order chi connectivity index (χ0) is 15.5. The van der Waals surface area contributed by atoms with Crippen molar-refractivity contribution in [3.8, 4) is 0 Å². The first-order valence-corrected chi connectivity index (χ1v) is 8.82. The molecule has 2 rings (SSSR count). The van der Waals surface area contributed by atoms with E-state index in [0.29, 0.717) is 24.3 Å². The standard InChI is InChI=1S/C16H23NO3S/c1-13(2)17(10-5-11-18)21(19,20)16-9-8-14-6-3-4-7-15(14)12-16/h3-4,6-7,12-13,18H,5,8-11H2,1-2H3. The molecule has 0 saturated carbocycles. The molecule has 21 heavy (non-hydrogen) atoms. The Kier molecular flexibility index (Phi) is 5.19. The maximum absolute atomic E-state index is 12.8. The first-order valence-electron chi connectivity index (χ1n) is 7.38. The number of hydrogen-bond donors (Lipinski definition) is 1. The molecule has 116 valence electrons. The van der Waals surface area contributed by atoms with Gasteiger partial charge in [0.2, 0.25) is 10.0 Å². The highest BCUT2D eigenvalue weighted by atomic mass is 32.2. The van der Waals surface area contributed by atoms with Crippen LogP contribution in [0.1, 0.15) is 37.8 Å². The van der Waals surface area contributed by atoms with Gasteiger partial charge in [-0.15, -0.1) is 0 Å². The number of benzene rings is 1. The van der Waals surface area contributed by atoms with Crippen molar-refractivity contribution < 1.29 is 13.5 Å². The highest BCUT2D eigenvalue weighted by Crippen LogP contribution is 2.29. The van der Waals surface area contributed by atoms with Crippen LogP contribution in [-0.2, 0) is 16.4 Å². The summed E-state index contributed by atoms with van der Waals surface area (Å²) in [7, 11) is -3.46. The van der Waals surface area contributed by atoms with Crippen LogP contribution in [0.25, 0.3) is 6.08 Å². The molecule has 0 aliphatic heterocycles. The van der Waals surface area contributed by atoms with E-state index in [1.165, 1.54) is 9.87 Å². The van der Waals surface area contributed by atoms with Gasteiger partial charge in [-0.2, -0.15) is 4.31 Å². The maximum atomic E-state index is 12.8. The normalized spacial score (nSPS) is 15.2. The Morgan fingerprint density at radius 1 is 1.24 bits per heavy atom. The van der Waals surface area contributed by atoms with E-state index in [1.807, 2.05) is 38.1 Å². The molecular weight excluding hydrogens is 286 g/mol. The molecule has 4 nitrogen and oxygen atoms in total. The van der Waals surface area contributed by atoms with E-state index >= 15 is 0 Å². The fourth-order valence-corrected chi connectivity index (χ4v) is 4.50. The first kappa shape index (κ1) is 16.2. The molecule has 0 aromatic heterocycles. The number of sulfonamides is 1. The van der Waals surface area contributed by atoms with Crippen LogP contribution < -0.4 is 0 Å². The lowest BCUT2D eigenvalue weighted by atomic mass is 9.98. The van der Waals surface area contributed by atoms with Crippen molar-refractivity contribution in [1.29, 1.82) is 0 Å². The van der Waals surface area contributed by atoms with Gasteiger partial charge in [0.25, 0.3) is 0 Å². The van der Waals surface area contributed by atoms with Gasteiger partial charge in [-0.1, -0.05) is 24.3 Å². The Morgan fingerprint density at radius 2 is 1.95 bits per heavy atom. The van der Waals surface area contributed by atoms with Crippen molar-refractivity contribution in [3.05, 3.63) is 40.3 Å². The first-order chi connectivity index (χ1) is 9.96. The fourth-order valence-electron chi connectivity index (χ4n) is 2.64. The lowest BCUT2D eigenvalue weighted by Crippen LogP contribution is -2.39. The molecule has 0 fully saturated rings. The Morgan fingerprint density at radius 3 is 2.62 bits per heavy atom. The van der Waals surface area contributed by atoms with Crippen LogP contribution in [-0.4, -0.2) is 37.0 Å². The highest BCUT2D eigenvalue weighted by molar-refractivity contribution is 7.93. The number of allylic oxidation sites excluding steroid dienone is 1. The van der Waals surface area contributed by atoms with E-state index in [2.05, 4.69) is 0 Å². The molecule has 1 N–H and O–H groups in total. The van der Waals surface area contributed by atoms with Gasteiger partial charge in [0.1, 0.15) is 0 Å². The molecule has 0 atom stereocenters. The summed E-state index contributed by atoms with van der Waals surface area (Å²) < 4.78 is 27.1. The smallest absolute Gasteiger partial charge is 0.239 e. The molecule has 0 amide bonds. The predicted molar refractivity (Wildman–Crippen MR) is 85.2 cm³/mol. The minimum Gasteiger partial charge on any atom is -0.396 e. The molecule has 0 radical (unpaired) electrons. The zero-order valence-electron chi connectivity index (χ0n) is 12.6. The summed E-state index contributed by atoms with van der Waals surface area (Å²) in [6.45, 7) is 4.09. The largest absolute Gasteiger partial charge is 0.396 e. The molecule has 0 saturated heterocycles. The third kappa shape index (κ3) is 3.54. The summed E-state index contributed by atoms with van der Waals surface area (Å²) in [6.07, 6.45) is 3.55. The fraction of sp³-hybridized carbons (Fsp3) is 0.500. The van der Waals surface area contributed by atoms with Gasteiger partial charge in [0.05, 0.1) is 4.91 Å². The Hall–Kier alpha value is -1.17. The summed E-state index contributed by atoms with van der Waals surface area (Å²) in [5.74, 6) is 0. The third-order valence-electron chi connectivity index (χ3n) is 3.76. The van der Waals surface area contributed by atoms with Crippen molar-refractivity contribution >= 4 is 16.1 Å². The maximum Gasteiger partial charge on any atom is 0.239 e. The molecule has 1 aliphatic carbocycles.